The zero-order chi connectivity index (χ0) is 24.5. The summed E-state index contributed by atoms with van der Waals surface area (Å²) in [7, 11) is 7.13. The maximum absolute atomic E-state index is 14.1. The Hall–Kier alpha value is -2.57. The van der Waals surface area contributed by atoms with Crippen LogP contribution in [0.2, 0.25) is 0 Å². The van der Waals surface area contributed by atoms with Crippen molar-refractivity contribution >= 4 is 5.78 Å². The van der Waals surface area contributed by atoms with Crippen molar-refractivity contribution in [2.24, 2.45) is 11.8 Å². The summed E-state index contributed by atoms with van der Waals surface area (Å²) in [5, 5.41) is 10.6. The van der Waals surface area contributed by atoms with Crippen molar-refractivity contribution in [3.05, 3.63) is 51.1 Å². The number of methoxy groups -OCH3 is 3. The largest absolute Gasteiger partial charge is 0.496 e. The molecule has 2 aromatic rings. The van der Waals surface area contributed by atoms with Crippen molar-refractivity contribution < 1.29 is 24.1 Å². The van der Waals surface area contributed by atoms with E-state index in [1.807, 2.05) is 6.92 Å². The van der Waals surface area contributed by atoms with E-state index in [-0.39, 0.29) is 42.2 Å². The van der Waals surface area contributed by atoms with E-state index in [0.717, 1.165) is 45.9 Å². The predicted molar refractivity (Wildman–Crippen MR) is 130 cm³/mol. The van der Waals surface area contributed by atoms with Crippen molar-refractivity contribution in [3.8, 4) is 17.2 Å². The fraction of sp³-hybridized carbons (Fsp3) is 0.536. The minimum atomic E-state index is -0.273. The highest BCUT2D eigenvalue weighted by molar-refractivity contribution is 5.90. The number of ketones is 1. The molecule has 2 heterocycles. The van der Waals surface area contributed by atoms with E-state index in [1.54, 1.807) is 21.3 Å². The molecule has 1 N–H and O–H groups in total. The molecule has 182 valence electrons. The zero-order valence-corrected chi connectivity index (χ0v) is 21.2. The van der Waals surface area contributed by atoms with Gasteiger partial charge in [-0.05, 0) is 74.9 Å². The fourth-order valence-corrected chi connectivity index (χ4v) is 7.17. The molecule has 2 aromatic carbocycles. The first-order chi connectivity index (χ1) is 16.3. The van der Waals surface area contributed by atoms with Gasteiger partial charge in [0.05, 0.1) is 34.0 Å². The summed E-state index contributed by atoms with van der Waals surface area (Å²) >= 11 is 0. The molecule has 2 aliphatic heterocycles. The molecule has 6 nitrogen and oxygen atoms in total. The van der Waals surface area contributed by atoms with E-state index in [1.165, 1.54) is 16.7 Å². The number of carbonyl (C=O) groups excluding carboxylic acids is 1. The molecule has 5 atom stereocenters. The van der Waals surface area contributed by atoms with E-state index < -0.39 is 0 Å². The summed E-state index contributed by atoms with van der Waals surface area (Å²) in [6, 6.07) is 4.16. The monoisotopic (exact) mass is 465 g/mol. The van der Waals surface area contributed by atoms with Gasteiger partial charge in [0.1, 0.15) is 17.2 Å². The lowest BCUT2D eigenvalue weighted by Crippen LogP contribution is -2.60. The molecule has 5 rings (SSSR count). The lowest BCUT2D eigenvalue weighted by atomic mass is 9.58. The summed E-state index contributed by atoms with van der Waals surface area (Å²) in [5.74, 6) is 2.18. The Kier molecular flexibility index (Phi) is 5.64. The second-order valence-corrected chi connectivity index (χ2v) is 10.1. The number of piperidine rings is 1. The first-order valence-corrected chi connectivity index (χ1v) is 12.1. The van der Waals surface area contributed by atoms with E-state index in [2.05, 4.69) is 37.9 Å². The maximum Gasteiger partial charge on any atom is 0.154 e. The second kappa shape index (κ2) is 8.28. The van der Waals surface area contributed by atoms with Crippen LogP contribution in [-0.2, 0) is 17.6 Å². The van der Waals surface area contributed by atoms with Gasteiger partial charge in [-0.25, -0.2) is 0 Å². The Morgan fingerprint density at radius 3 is 2.32 bits per heavy atom. The molecule has 1 fully saturated rings. The first kappa shape index (κ1) is 23.2. The number of benzene rings is 2. The summed E-state index contributed by atoms with van der Waals surface area (Å²) in [6.45, 7) is 6.08. The van der Waals surface area contributed by atoms with E-state index >= 15 is 0 Å². The molecule has 0 spiro atoms. The van der Waals surface area contributed by atoms with Crippen molar-refractivity contribution in [1.82, 2.24) is 4.90 Å². The number of Topliss-reactive ketones (excluding diaryl/α,β-unsaturated/α-hetero) is 1. The van der Waals surface area contributed by atoms with Crippen molar-refractivity contribution in [2.75, 3.05) is 35.0 Å². The minimum absolute atomic E-state index is 0.0367. The van der Waals surface area contributed by atoms with Crippen LogP contribution in [0.3, 0.4) is 0 Å². The maximum atomic E-state index is 14.1. The van der Waals surface area contributed by atoms with Gasteiger partial charge >= 0.3 is 0 Å². The van der Waals surface area contributed by atoms with Gasteiger partial charge in [-0.3, -0.25) is 9.69 Å². The van der Waals surface area contributed by atoms with E-state index in [4.69, 9.17) is 14.2 Å². The minimum Gasteiger partial charge on any atom is -0.496 e. The van der Waals surface area contributed by atoms with Crippen LogP contribution in [0.5, 0.6) is 17.2 Å². The molecule has 3 unspecified atom stereocenters. The topological polar surface area (TPSA) is 68.2 Å². The van der Waals surface area contributed by atoms with Crippen LogP contribution in [0.4, 0.5) is 0 Å². The number of rotatable bonds is 4. The average molecular weight is 466 g/mol. The van der Waals surface area contributed by atoms with Crippen molar-refractivity contribution in [2.45, 2.75) is 51.6 Å². The summed E-state index contributed by atoms with van der Waals surface area (Å²) in [6.07, 6.45) is 1.37. The fourth-order valence-electron chi connectivity index (χ4n) is 7.17. The van der Waals surface area contributed by atoms with Crippen LogP contribution in [0, 0.1) is 32.6 Å². The van der Waals surface area contributed by atoms with Gasteiger partial charge in [-0.2, -0.15) is 0 Å². The van der Waals surface area contributed by atoms with Gasteiger partial charge in [0.2, 0.25) is 0 Å². The quantitative estimate of drug-likeness (QED) is 0.743. The van der Waals surface area contributed by atoms with Crippen molar-refractivity contribution in [1.29, 1.82) is 0 Å². The Morgan fingerprint density at radius 1 is 1.00 bits per heavy atom. The standard InChI is InChI=1S/C28H35NO5/c1-13-8-16-9-19-24(20(12-30)23(16)28(34-7)14(13)2)26(31)21-10-18-17(25(19)29(21)4)11-22(32-5)15(3)27(18)33-6/h8,11,19-21,24-25,30H,9-10,12H2,1-7H3/t19-,20+,21?,24?,25?/m1/s1. The van der Waals surface area contributed by atoms with Gasteiger partial charge in [-0.1, -0.05) is 6.07 Å². The SMILES string of the molecule is COc1cc2c(c(OC)c1C)CC1C(=O)C3[C@@H](Cc4cc(C)c(C)c(OC)c4[C@@H]3CO)C2N1C. The van der Waals surface area contributed by atoms with Gasteiger partial charge in [0, 0.05) is 34.6 Å². The van der Waals surface area contributed by atoms with Gasteiger partial charge in [-0.15, -0.1) is 0 Å². The Bertz CT molecular complexity index is 1170. The number of nitrogens with zero attached hydrogens (tertiary/aromatic N) is 1. The van der Waals surface area contributed by atoms with Crippen LogP contribution >= 0.6 is 0 Å². The van der Waals surface area contributed by atoms with Crippen LogP contribution in [0.25, 0.3) is 0 Å². The summed E-state index contributed by atoms with van der Waals surface area (Å²) in [5.41, 5.74) is 7.70. The van der Waals surface area contributed by atoms with Gasteiger partial charge in [0.25, 0.3) is 0 Å². The third-order valence-electron chi connectivity index (χ3n) is 8.79. The second-order valence-electron chi connectivity index (χ2n) is 10.1. The molecular weight excluding hydrogens is 430 g/mol. The number of likely N-dealkylation sites (N-methyl/N-ethyl adjacent to an activating group) is 1. The number of carbonyl (C=O) groups is 1. The number of aliphatic hydroxyl groups is 1. The molecule has 0 amide bonds. The molecule has 2 bridgehead atoms. The third kappa shape index (κ3) is 2.97. The van der Waals surface area contributed by atoms with Crippen LogP contribution in [0.15, 0.2) is 12.1 Å². The van der Waals surface area contributed by atoms with E-state index in [0.29, 0.717) is 6.42 Å². The lowest BCUT2D eigenvalue weighted by Gasteiger charge is -2.55. The Balaban J connectivity index is 1.74. The molecule has 1 aliphatic carbocycles. The zero-order valence-electron chi connectivity index (χ0n) is 21.2. The molecule has 0 aromatic heterocycles. The average Bonchev–Trinajstić information content (AvgIpc) is 2.82. The van der Waals surface area contributed by atoms with Crippen LogP contribution in [0.1, 0.15) is 50.9 Å². The molecule has 3 aliphatic rings. The number of hydrogen-bond acceptors (Lipinski definition) is 6. The van der Waals surface area contributed by atoms with Crippen LogP contribution < -0.4 is 14.2 Å². The summed E-state index contributed by atoms with van der Waals surface area (Å²) < 4.78 is 17.4. The predicted octanol–water partition coefficient (Wildman–Crippen LogP) is 3.68. The lowest BCUT2D eigenvalue weighted by molar-refractivity contribution is -0.142. The van der Waals surface area contributed by atoms with Gasteiger partial charge in [0.15, 0.2) is 5.78 Å². The number of hydrogen-bond donors (Lipinski definition) is 1. The molecule has 1 saturated heterocycles. The normalized spacial score (nSPS) is 27.5. The smallest absolute Gasteiger partial charge is 0.154 e. The molecular formula is C28H35NO5. The first-order valence-electron chi connectivity index (χ1n) is 12.1. The molecule has 0 radical (unpaired) electrons. The van der Waals surface area contributed by atoms with E-state index in [9.17, 15) is 9.90 Å². The molecule has 0 saturated carbocycles. The molecule has 6 heteroatoms. The Morgan fingerprint density at radius 2 is 1.71 bits per heavy atom. The van der Waals surface area contributed by atoms with Crippen molar-refractivity contribution in [3.63, 3.8) is 0 Å². The number of aryl methyl sites for hydroxylation is 1. The highest BCUT2D eigenvalue weighted by atomic mass is 16.5. The van der Waals surface area contributed by atoms with Gasteiger partial charge < -0.3 is 19.3 Å². The highest BCUT2D eigenvalue weighted by Gasteiger charge is 2.56. The third-order valence-corrected chi connectivity index (χ3v) is 8.79. The van der Waals surface area contributed by atoms with Crippen LogP contribution in [-0.4, -0.2) is 56.8 Å². The number of aliphatic hydroxyl groups excluding tert-OH is 1. The summed E-state index contributed by atoms with van der Waals surface area (Å²) in [4.78, 5) is 16.3. The molecule has 34 heavy (non-hydrogen) atoms. The highest BCUT2D eigenvalue weighted by Crippen LogP contribution is 2.57. The number of fused-ring (bicyclic) bond motifs is 7. The number of ether oxygens (including phenoxy) is 3. The Labute approximate surface area is 201 Å².